The molecule has 2 N–H and O–H groups in total. The summed E-state index contributed by atoms with van der Waals surface area (Å²) in [5.41, 5.74) is 2.48. The highest BCUT2D eigenvalue weighted by atomic mass is 16.5. The van der Waals surface area contributed by atoms with Crippen LogP contribution in [0.1, 0.15) is 32.6 Å². The number of rotatable bonds is 6. The van der Waals surface area contributed by atoms with Crippen molar-refractivity contribution in [2.45, 2.75) is 32.6 Å². The standard InChI is InChI=1S/C22H27N3O3/c1-17(26)23-20-8-4-5-9-21(20)28-16-22(27)24-18-10-12-19(13-11-18)25-14-6-2-3-7-15-25/h4-5,8-13H,2-3,6-7,14-16H2,1H3,(H,23,26)(H,24,27). The molecule has 2 aromatic rings. The van der Waals surface area contributed by atoms with Crippen LogP contribution in [0.4, 0.5) is 17.1 Å². The van der Waals surface area contributed by atoms with E-state index in [0.29, 0.717) is 11.4 Å². The highest BCUT2D eigenvalue weighted by molar-refractivity contribution is 5.93. The minimum absolute atomic E-state index is 0.134. The first kappa shape index (κ1) is 19.7. The number of carbonyl (C=O) groups is 2. The molecular formula is C22H27N3O3. The summed E-state index contributed by atoms with van der Waals surface area (Å²) in [5.74, 6) is 0.0227. The first-order valence-electron chi connectivity index (χ1n) is 9.76. The second kappa shape index (κ2) is 9.78. The van der Waals surface area contributed by atoms with Gasteiger partial charge in [-0.2, -0.15) is 0 Å². The fourth-order valence-electron chi connectivity index (χ4n) is 3.31. The van der Waals surface area contributed by atoms with Gasteiger partial charge in [-0.05, 0) is 49.2 Å². The third kappa shape index (κ3) is 5.74. The van der Waals surface area contributed by atoms with Crippen LogP contribution >= 0.6 is 0 Å². The van der Waals surface area contributed by atoms with Crippen LogP contribution in [0.2, 0.25) is 0 Å². The molecule has 28 heavy (non-hydrogen) atoms. The maximum atomic E-state index is 12.2. The molecule has 0 spiro atoms. The van der Waals surface area contributed by atoms with Gasteiger partial charge in [-0.25, -0.2) is 0 Å². The van der Waals surface area contributed by atoms with E-state index < -0.39 is 0 Å². The fourth-order valence-corrected chi connectivity index (χ4v) is 3.31. The fraction of sp³-hybridized carbons (Fsp3) is 0.364. The van der Waals surface area contributed by atoms with E-state index in [9.17, 15) is 9.59 Å². The average molecular weight is 381 g/mol. The van der Waals surface area contributed by atoms with Gasteiger partial charge in [-0.1, -0.05) is 25.0 Å². The number of amides is 2. The number of anilines is 3. The molecule has 0 unspecified atom stereocenters. The van der Waals surface area contributed by atoms with Crippen LogP contribution in [0.15, 0.2) is 48.5 Å². The monoisotopic (exact) mass is 381 g/mol. The molecule has 6 heteroatoms. The molecule has 2 amide bonds. The Bertz CT molecular complexity index is 797. The Kier molecular flexibility index (Phi) is 6.89. The molecule has 1 aliphatic rings. The van der Waals surface area contributed by atoms with E-state index in [1.807, 2.05) is 24.3 Å². The predicted octanol–water partition coefficient (Wildman–Crippen LogP) is 4.04. The molecular weight excluding hydrogens is 354 g/mol. The number of benzene rings is 2. The minimum atomic E-state index is -0.250. The van der Waals surface area contributed by atoms with Crippen LogP contribution in [-0.4, -0.2) is 31.5 Å². The summed E-state index contributed by atoms with van der Waals surface area (Å²) in [6, 6.07) is 15.0. The molecule has 0 atom stereocenters. The number of hydrogen-bond donors (Lipinski definition) is 2. The molecule has 0 saturated carbocycles. The molecule has 1 saturated heterocycles. The van der Waals surface area contributed by atoms with E-state index in [-0.39, 0.29) is 18.4 Å². The molecule has 6 nitrogen and oxygen atoms in total. The Morgan fingerprint density at radius 2 is 1.61 bits per heavy atom. The van der Waals surface area contributed by atoms with Crippen LogP contribution in [0.25, 0.3) is 0 Å². The van der Waals surface area contributed by atoms with Gasteiger partial charge in [0.25, 0.3) is 5.91 Å². The highest BCUT2D eigenvalue weighted by Gasteiger charge is 2.11. The number of carbonyl (C=O) groups excluding carboxylic acids is 2. The van der Waals surface area contributed by atoms with Crippen LogP contribution in [0.5, 0.6) is 5.75 Å². The summed E-state index contributed by atoms with van der Waals surface area (Å²) in [7, 11) is 0. The van der Waals surface area contributed by atoms with E-state index >= 15 is 0 Å². The first-order valence-corrected chi connectivity index (χ1v) is 9.76. The Labute approximate surface area is 165 Å². The lowest BCUT2D eigenvalue weighted by Crippen LogP contribution is -2.24. The molecule has 3 rings (SSSR count). The Hall–Kier alpha value is -3.02. The van der Waals surface area contributed by atoms with Crippen molar-refractivity contribution in [3.05, 3.63) is 48.5 Å². The number of nitrogens with one attached hydrogen (secondary N) is 2. The van der Waals surface area contributed by atoms with Gasteiger partial charge < -0.3 is 20.3 Å². The van der Waals surface area contributed by atoms with Gasteiger partial charge in [0.2, 0.25) is 5.91 Å². The molecule has 0 bridgehead atoms. The normalized spacial score (nSPS) is 14.1. The topological polar surface area (TPSA) is 70.7 Å². The van der Waals surface area contributed by atoms with Crippen LogP contribution in [0.3, 0.4) is 0 Å². The smallest absolute Gasteiger partial charge is 0.262 e. The maximum absolute atomic E-state index is 12.2. The van der Waals surface area contributed by atoms with Gasteiger partial charge in [0, 0.05) is 31.4 Å². The van der Waals surface area contributed by atoms with E-state index in [4.69, 9.17) is 4.74 Å². The van der Waals surface area contributed by atoms with E-state index in [1.54, 1.807) is 24.3 Å². The zero-order valence-corrected chi connectivity index (χ0v) is 16.2. The minimum Gasteiger partial charge on any atom is -0.482 e. The second-order valence-electron chi connectivity index (χ2n) is 6.96. The van der Waals surface area contributed by atoms with Crippen molar-refractivity contribution < 1.29 is 14.3 Å². The lowest BCUT2D eigenvalue weighted by molar-refractivity contribution is -0.118. The average Bonchev–Trinajstić information content (AvgIpc) is 2.97. The van der Waals surface area contributed by atoms with Gasteiger partial charge in [-0.15, -0.1) is 0 Å². The summed E-state index contributed by atoms with van der Waals surface area (Å²) in [4.78, 5) is 25.9. The summed E-state index contributed by atoms with van der Waals surface area (Å²) in [5, 5.41) is 5.53. The van der Waals surface area contributed by atoms with Crippen molar-refractivity contribution in [3.8, 4) is 5.75 Å². The van der Waals surface area contributed by atoms with E-state index in [0.717, 1.165) is 18.8 Å². The quantitative estimate of drug-likeness (QED) is 0.792. The van der Waals surface area contributed by atoms with Crippen LogP contribution < -0.4 is 20.3 Å². The predicted molar refractivity (Wildman–Crippen MR) is 112 cm³/mol. The molecule has 2 aromatic carbocycles. The lowest BCUT2D eigenvalue weighted by atomic mass is 10.2. The zero-order valence-electron chi connectivity index (χ0n) is 16.2. The molecule has 1 fully saturated rings. The summed E-state index contributed by atoms with van der Waals surface area (Å²) >= 11 is 0. The molecule has 148 valence electrons. The number of para-hydroxylation sites is 2. The first-order chi connectivity index (χ1) is 13.6. The van der Waals surface area contributed by atoms with Crippen molar-refractivity contribution >= 4 is 28.9 Å². The van der Waals surface area contributed by atoms with Gasteiger partial charge in [0.1, 0.15) is 5.75 Å². The van der Waals surface area contributed by atoms with Crippen molar-refractivity contribution in [2.24, 2.45) is 0 Å². The van der Waals surface area contributed by atoms with Gasteiger partial charge in [0.05, 0.1) is 5.69 Å². The third-order valence-electron chi connectivity index (χ3n) is 4.68. The summed E-state index contributed by atoms with van der Waals surface area (Å²) in [6.45, 7) is 3.48. The summed E-state index contributed by atoms with van der Waals surface area (Å²) < 4.78 is 5.57. The Morgan fingerprint density at radius 1 is 0.929 bits per heavy atom. The number of hydrogen-bond acceptors (Lipinski definition) is 4. The Balaban J connectivity index is 1.53. The SMILES string of the molecule is CC(=O)Nc1ccccc1OCC(=O)Nc1ccc(N2CCCCCC2)cc1. The van der Waals surface area contributed by atoms with Gasteiger partial charge >= 0.3 is 0 Å². The molecule has 0 radical (unpaired) electrons. The van der Waals surface area contributed by atoms with Crippen LogP contribution in [0, 0.1) is 0 Å². The highest BCUT2D eigenvalue weighted by Crippen LogP contribution is 2.24. The maximum Gasteiger partial charge on any atom is 0.262 e. The molecule has 1 heterocycles. The van der Waals surface area contributed by atoms with Crippen molar-refractivity contribution in [2.75, 3.05) is 35.2 Å². The number of ether oxygens (including phenoxy) is 1. The largest absolute Gasteiger partial charge is 0.482 e. The van der Waals surface area contributed by atoms with Gasteiger partial charge in [0.15, 0.2) is 6.61 Å². The van der Waals surface area contributed by atoms with Gasteiger partial charge in [-0.3, -0.25) is 9.59 Å². The third-order valence-corrected chi connectivity index (χ3v) is 4.68. The molecule has 1 aliphatic heterocycles. The van der Waals surface area contributed by atoms with Crippen LogP contribution in [-0.2, 0) is 9.59 Å². The lowest BCUT2D eigenvalue weighted by Gasteiger charge is -2.22. The molecule has 0 aromatic heterocycles. The van der Waals surface area contributed by atoms with Crippen molar-refractivity contribution in [3.63, 3.8) is 0 Å². The number of nitrogens with zero attached hydrogens (tertiary/aromatic N) is 1. The van der Waals surface area contributed by atoms with E-state index in [1.165, 1.54) is 38.3 Å². The Morgan fingerprint density at radius 3 is 2.29 bits per heavy atom. The summed E-state index contributed by atoms with van der Waals surface area (Å²) in [6.07, 6.45) is 5.07. The van der Waals surface area contributed by atoms with Crippen molar-refractivity contribution in [1.82, 2.24) is 0 Å². The molecule has 0 aliphatic carbocycles. The zero-order chi connectivity index (χ0) is 19.8. The van der Waals surface area contributed by atoms with Crippen molar-refractivity contribution in [1.29, 1.82) is 0 Å². The second-order valence-corrected chi connectivity index (χ2v) is 6.96. The van der Waals surface area contributed by atoms with E-state index in [2.05, 4.69) is 15.5 Å².